The largest absolute Gasteiger partial charge is 0.455 e. The van der Waals surface area contributed by atoms with Gasteiger partial charge in [0.15, 0.2) is 0 Å². The number of para-hydroxylation sites is 3. The number of thiophene rings is 1. The zero-order chi connectivity index (χ0) is 36.3. The van der Waals surface area contributed by atoms with Crippen molar-refractivity contribution in [3.8, 4) is 33.4 Å². The second-order valence-corrected chi connectivity index (χ2v) is 15.1. The van der Waals surface area contributed by atoms with E-state index in [4.69, 9.17) is 4.42 Å². The summed E-state index contributed by atoms with van der Waals surface area (Å²) in [6.45, 7) is 0. The number of benzene rings is 9. The van der Waals surface area contributed by atoms with Gasteiger partial charge < -0.3 is 9.32 Å². The van der Waals surface area contributed by atoms with Crippen molar-refractivity contribution in [2.45, 2.75) is 0 Å². The molecule has 0 fully saturated rings. The van der Waals surface area contributed by atoms with Gasteiger partial charge in [-0.25, -0.2) is 0 Å². The Balaban J connectivity index is 1.08. The Morgan fingerprint density at radius 1 is 0.364 bits per heavy atom. The Morgan fingerprint density at radius 2 is 1.00 bits per heavy atom. The predicted molar refractivity (Wildman–Crippen MR) is 235 cm³/mol. The molecular weight excluding hydrogens is 687 g/mol. The van der Waals surface area contributed by atoms with E-state index in [2.05, 4.69) is 193 Å². The van der Waals surface area contributed by atoms with Gasteiger partial charge in [-0.05, 0) is 81.6 Å². The second kappa shape index (κ2) is 12.9. The van der Waals surface area contributed by atoms with Crippen LogP contribution in [0.4, 0.5) is 17.1 Å². The van der Waals surface area contributed by atoms with Gasteiger partial charge in [-0.3, -0.25) is 0 Å². The van der Waals surface area contributed by atoms with Gasteiger partial charge in [0.25, 0.3) is 0 Å². The fourth-order valence-corrected chi connectivity index (χ4v) is 9.42. The molecule has 0 atom stereocenters. The van der Waals surface area contributed by atoms with Gasteiger partial charge in [0, 0.05) is 53.4 Å². The molecule has 0 aliphatic rings. The number of hydrogen-bond donors (Lipinski definition) is 0. The first-order chi connectivity index (χ1) is 27.3. The summed E-state index contributed by atoms with van der Waals surface area (Å²) >= 11 is 1.86. The summed E-state index contributed by atoms with van der Waals surface area (Å²) in [7, 11) is 0. The highest BCUT2D eigenvalue weighted by Crippen LogP contribution is 2.45. The van der Waals surface area contributed by atoms with Gasteiger partial charge in [0.05, 0.1) is 5.69 Å². The molecule has 258 valence electrons. The molecule has 9 aromatic carbocycles. The van der Waals surface area contributed by atoms with Crippen LogP contribution in [0.5, 0.6) is 0 Å². The second-order valence-electron chi connectivity index (χ2n) is 14.1. The molecule has 2 nitrogen and oxygen atoms in total. The minimum Gasteiger partial charge on any atom is -0.455 e. The fraction of sp³-hybridized carbons (Fsp3) is 0. The standard InChI is InChI=1S/C52H33NOS/c1-2-16-40-34(12-1)13-10-21-42(40)43-17-3-6-23-48(43)53(38-29-26-35(27-30-38)41-20-11-22-47-44-18-4-7-24-49(44)54-52(41)47)39-15-9-14-36(32-39)37-28-31-46-45-19-5-8-25-50(45)55-51(46)33-37/h1-33H. The minimum atomic E-state index is 0.907. The van der Waals surface area contributed by atoms with Gasteiger partial charge in [0.1, 0.15) is 11.2 Å². The molecule has 11 aromatic rings. The van der Waals surface area contributed by atoms with Crippen LogP contribution in [0, 0.1) is 0 Å². The molecule has 0 bridgehead atoms. The lowest BCUT2D eigenvalue weighted by Crippen LogP contribution is -2.11. The van der Waals surface area contributed by atoms with Gasteiger partial charge in [0.2, 0.25) is 0 Å². The van der Waals surface area contributed by atoms with Crippen LogP contribution in [0.3, 0.4) is 0 Å². The number of anilines is 3. The number of nitrogens with zero attached hydrogens (tertiary/aromatic N) is 1. The first-order valence-electron chi connectivity index (χ1n) is 18.7. The molecule has 55 heavy (non-hydrogen) atoms. The van der Waals surface area contributed by atoms with Crippen molar-refractivity contribution in [2.75, 3.05) is 4.90 Å². The molecule has 3 heteroatoms. The Kier molecular flexibility index (Phi) is 7.39. The molecule has 0 N–H and O–H groups in total. The third-order valence-electron chi connectivity index (χ3n) is 10.9. The molecule has 0 spiro atoms. The summed E-state index contributed by atoms with van der Waals surface area (Å²) < 4.78 is 9.07. The predicted octanol–water partition coefficient (Wildman–Crippen LogP) is 15.6. The summed E-state index contributed by atoms with van der Waals surface area (Å²) in [5.74, 6) is 0. The van der Waals surface area contributed by atoms with Crippen LogP contribution in [0.25, 0.3) is 86.3 Å². The van der Waals surface area contributed by atoms with Gasteiger partial charge in [-0.2, -0.15) is 0 Å². The smallest absolute Gasteiger partial charge is 0.143 e. The van der Waals surface area contributed by atoms with Crippen LogP contribution in [-0.4, -0.2) is 0 Å². The summed E-state index contributed by atoms with van der Waals surface area (Å²) in [5.41, 5.74) is 12.1. The van der Waals surface area contributed by atoms with Crippen LogP contribution >= 0.6 is 11.3 Å². The Labute approximate surface area is 322 Å². The lowest BCUT2D eigenvalue weighted by atomic mass is 9.95. The number of rotatable bonds is 6. The molecule has 0 aliphatic heterocycles. The molecule has 0 aliphatic carbocycles. The number of furan rings is 1. The van der Waals surface area contributed by atoms with Crippen LogP contribution in [0.1, 0.15) is 0 Å². The molecule has 0 saturated heterocycles. The summed E-state index contributed by atoms with van der Waals surface area (Å²) in [6, 6.07) is 72.2. The van der Waals surface area contributed by atoms with Gasteiger partial charge in [-0.15, -0.1) is 11.3 Å². The molecule has 0 radical (unpaired) electrons. The highest BCUT2D eigenvalue weighted by Gasteiger charge is 2.20. The summed E-state index contributed by atoms with van der Waals surface area (Å²) in [4.78, 5) is 2.41. The van der Waals surface area contributed by atoms with Gasteiger partial charge in [-0.1, -0.05) is 152 Å². The zero-order valence-corrected chi connectivity index (χ0v) is 30.6. The normalized spacial score (nSPS) is 11.6. The quantitative estimate of drug-likeness (QED) is 0.170. The number of fused-ring (bicyclic) bond motifs is 7. The van der Waals surface area contributed by atoms with Crippen molar-refractivity contribution < 1.29 is 4.42 Å². The molecule has 0 saturated carbocycles. The van der Waals surface area contributed by atoms with E-state index >= 15 is 0 Å². The number of hydrogen-bond acceptors (Lipinski definition) is 3. The van der Waals surface area contributed by atoms with Crippen molar-refractivity contribution in [1.29, 1.82) is 0 Å². The maximum atomic E-state index is 6.44. The van der Waals surface area contributed by atoms with Crippen molar-refractivity contribution in [3.05, 3.63) is 200 Å². The van der Waals surface area contributed by atoms with Crippen molar-refractivity contribution in [1.82, 2.24) is 0 Å². The maximum Gasteiger partial charge on any atom is 0.143 e. The third-order valence-corrected chi connectivity index (χ3v) is 12.0. The van der Waals surface area contributed by atoms with Crippen molar-refractivity contribution >= 4 is 81.3 Å². The molecule has 0 unspecified atom stereocenters. The lowest BCUT2D eigenvalue weighted by Gasteiger charge is -2.29. The highest BCUT2D eigenvalue weighted by atomic mass is 32.1. The Hall–Kier alpha value is -6.94. The highest BCUT2D eigenvalue weighted by molar-refractivity contribution is 7.25. The first-order valence-corrected chi connectivity index (χ1v) is 19.5. The van der Waals surface area contributed by atoms with Crippen LogP contribution in [0.15, 0.2) is 205 Å². The average molecular weight is 720 g/mol. The van der Waals surface area contributed by atoms with Crippen LogP contribution in [-0.2, 0) is 0 Å². The topological polar surface area (TPSA) is 16.4 Å². The van der Waals surface area contributed by atoms with E-state index < -0.39 is 0 Å². The van der Waals surface area contributed by atoms with Crippen molar-refractivity contribution in [3.63, 3.8) is 0 Å². The maximum absolute atomic E-state index is 6.44. The minimum absolute atomic E-state index is 0.907. The first kappa shape index (κ1) is 31.6. The van der Waals surface area contributed by atoms with E-state index in [0.29, 0.717) is 0 Å². The van der Waals surface area contributed by atoms with Gasteiger partial charge >= 0.3 is 0 Å². The van der Waals surface area contributed by atoms with E-state index in [1.165, 1.54) is 53.2 Å². The SMILES string of the molecule is c1cc(-c2ccc3c(c2)sc2ccccc23)cc(N(c2ccc(-c3cccc4c3oc3ccccc34)cc2)c2ccccc2-c2cccc3ccccc23)c1. The fourth-order valence-electron chi connectivity index (χ4n) is 8.28. The van der Waals surface area contributed by atoms with Crippen LogP contribution < -0.4 is 4.90 Å². The van der Waals surface area contributed by atoms with E-state index in [-0.39, 0.29) is 0 Å². The molecule has 0 amide bonds. The van der Waals surface area contributed by atoms with E-state index in [1.54, 1.807) is 0 Å². The third kappa shape index (κ3) is 5.32. The van der Waals surface area contributed by atoms with E-state index in [0.717, 1.165) is 50.1 Å². The summed E-state index contributed by atoms with van der Waals surface area (Å²) in [6.07, 6.45) is 0. The Bertz CT molecular complexity index is 3220. The van der Waals surface area contributed by atoms with E-state index in [1.807, 2.05) is 23.5 Å². The monoisotopic (exact) mass is 719 g/mol. The average Bonchev–Trinajstić information content (AvgIpc) is 3.82. The zero-order valence-electron chi connectivity index (χ0n) is 29.8. The van der Waals surface area contributed by atoms with E-state index in [9.17, 15) is 0 Å². The molecule has 2 aromatic heterocycles. The molecule has 11 rings (SSSR count). The van der Waals surface area contributed by atoms with Crippen molar-refractivity contribution in [2.24, 2.45) is 0 Å². The summed E-state index contributed by atoms with van der Waals surface area (Å²) in [5, 5.41) is 7.36. The van der Waals surface area contributed by atoms with Crippen LogP contribution in [0.2, 0.25) is 0 Å². The molecule has 2 heterocycles. The lowest BCUT2D eigenvalue weighted by molar-refractivity contribution is 0.670. The Morgan fingerprint density at radius 3 is 1.93 bits per heavy atom. The molecular formula is C52H33NOS.